The Balaban J connectivity index is 1.63. The number of carbonyl (C=O) groups is 2. The average molecular weight is 296 g/mol. The summed E-state index contributed by atoms with van der Waals surface area (Å²) in [6.45, 7) is 0.939. The minimum atomic E-state index is -0.692. The van der Waals surface area contributed by atoms with Gasteiger partial charge in [0.15, 0.2) is 0 Å². The molecule has 2 saturated carbocycles. The van der Waals surface area contributed by atoms with Crippen LogP contribution in [0.4, 0.5) is 0 Å². The third-order valence-electron chi connectivity index (χ3n) is 4.89. The molecule has 2 unspecified atom stereocenters. The minimum Gasteiger partial charge on any atom is -0.481 e. The van der Waals surface area contributed by atoms with Gasteiger partial charge in [0.05, 0.1) is 12.5 Å². The number of carbonyl (C=O) groups excluding carboxylic acids is 1. The van der Waals surface area contributed by atoms with Gasteiger partial charge < -0.3 is 15.7 Å². The van der Waals surface area contributed by atoms with Crippen LogP contribution in [0.15, 0.2) is 0 Å². The lowest BCUT2D eigenvalue weighted by Gasteiger charge is -2.18. The maximum absolute atomic E-state index is 11.9. The lowest BCUT2D eigenvalue weighted by molar-refractivity contribution is -0.142. The summed E-state index contributed by atoms with van der Waals surface area (Å²) in [6.07, 6.45) is 9.87. The van der Waals surface area contributed by atoms with E-state index in [4.69, 9.17) is 5.11 Å². The van der Waals surface area contributed by atoms with Crippen LogP contribution >= 0.6 is 0 Å². The van der Waals surface area contributed by atoms with Crippen molar-refractivity contribution >= 4 is 11.9 Å². The van der Waals surface area contributed by atoms with Crippen molar-refractivity contribution in [3.05, 3.63) is 0 Å². The second kappa shape index (κ2) is 8.37. The van der Waals surface area contributed by atoms with E-state index < -0.39 is 5.97 Å². The number of hydrogen-bond acceptors (Lipinski definition) is 3. The molecule has 0 aliphatic heterocycles. The van der Waals surface area contributed by atoms with E-state index in [0.717, 1.165) is 32.1 Å². The number of carboxylic acid groups (broad SMARTS) is 1. The fourth-order valence-corrected chi connectivity index (χ4v) is 3.68. The van der Waals surface area contributed by atoms with Gasteiger partial charge in [-0.2, -0.15) is 0 Å². The van der Waals surface area contributed by atoms with E-state index >= 15 is 0 Å². The predicted octanol–water partition coefficient (Wildman–Crippen LogP) is 1.92. The first-order valence-corrected chi connectivity index (χ1v) is 8.39. The highest BCUT2D eigenvalue weighted by molar-refractivity contribution is 5.78. The number of amides is 1. The zero-order chi connectivity index (χ0) is 15.1. The van der Waals surface area contributed by atoms with E-state index in [-0.39, 0.29) is 17.7 Å². The van der Waals surface area contributed by atoms with Crippen LogP contribution in [0.25, 0.3) is 0 Å². The Morgan fingerprint density at radius 2 is 1.67 bits per heavy atom. The molecular weight excluding hydrogens is 268 g/mol. The van der Waals surface area contributed by atoms with Crippen LogP contribution in [0.1, 0.15) is 57.8 Å². The van der Waals surface area contributed by atoms with Crippen molar-refractivity contribution in [3.63, 3.8) is 0 Å². The first-order chi connectivity index (χ1) is 10.2. The molecule has 5 nitrogen and oxygen atoms in total. The lowest BCUT2D eigenvalue weighted by Crippen LogP contribution is -2.41. The van der Waals surface area contributed by atoms with Crippen molar-refractivity contribution < 1.29 is 14.7 Å². The molecule has 120 valence electrons. The fourth-order valence-electron chi connectivity index (χ4n) is 3.68. The summed E-state index contributed by atoms with van der Waals surface area (Å²) in [4.78, 5) is 23.0. The maximum Gasteiger partial charge on any atom is 0.306 e. The van der Waals surface area contributed by atoms with Crippen LogP contribution in [0.2, 0.25) is 0 Å². The minimum absolute atomic E-state index is 0.0479. The summed E-state index contributed by atoms with van der Waals surface area (Å²) >= 11 is 0. The largest absolute Gasteiger partial charge is 0.481 e. The van der Waals surface area contributed by atoms with E-state index in [2.05, 4.69) is 10.6 Å². The van der Waals surface area contributed by atoms with Crippen LogP contribution < -0.4 is 10.6 Å². The summed E-state index contributed by atoms with van der Waals surface area (Å²) in [6, 6.07) is 0.333. The zero-order valence-corrected chi connectivity index (χ0v) is 12.8. The Labute approximate surface area is 126 Å². The molecular formula is C16H28N2O3. The molecule has 0 aromatic heterocycles. The van der Waals surface area contributed by atoms with Crippen molar-refractivity contribution in [2.24, 2.45) is 11.8 Å². The molecule has 2 aliphatic rings. The number of aliphatic carboxylic acids is 1. The van der Waals surface area contributed by atoms with E-state index in [9.17, 15) is 9.59 Å². The summed E-state index contributed by atoms with van der Waals surface area (Å²) in [5.41, 5.74) is 0. The van der Waals surface area contributed by atoms with Gasteiger partial charge >= 0.3 is 5.97 Å². The topological polar surface area (TPSA) is 78.4 Å². The monoisotopic (exact) mass is 296 g/mol. The first-order valence-electron chi connectivity index (χ1n) is 8.39. The van der Waals surface area contributed by atoms with Gasteiger partial charge in [0.25, 0.3) is 0 Å². The summed E-state index contributed by atoms with van der Waals surface area (Å²) in [5, 5.41) is 15.4. The Morgan fingerprint density at radius 1 is 0.952 bits per heavy atom. The molecule has 0 bridgehead atoms. The predicted molar refractivity (Wildman–Crippen MR) is 81.0 cm³/mol. The molecule has 0 aromatic rings. The Kier molecular flexibility index (Phi) is 6.49. The van der Waals surface area contributed by atoms with Gasteiger partial charge in [-0.3, -0.25) is 9.59 Å². The Hall–Kier alpha value is -1.10. The van der Waals surface area contributed by atoms with Gasteiger partial charge in [0.1, 0.15) is 0 Å². The van der Waals surface area contributed by atoms with Crippen molar-refractivity contribution in [3.8, 4) is 0 Å². The van der Waals surface area contributed by atoms with Crippen LogP contribution in [0, 0.1) is 11.8 Å². The van der Waals surface area contributed by atoms with Crippen molar-refractivity contribution in [2.45, 2.75) is 63.8 Å². The third kappa shape index (κ3) is 5.30. The molecule has 21 heavy (non-hydrogen) atoms. The fraction of sp³-hybridized carbons (Fsp3) is 0.875. The van der Waals surface area contributed by atoms with Crippen LogP contribution in [-0.2, 0) is 9.59 Å². The van der Waals surface area contributed by atoms with Gasteiger partial charge in [-0.1, -0.05) is 32.1 Å². The Morgan fingerprint density at radius 3 is 2.33 bits per heavy atom. The lowest BCUT2D eigenvalue weighted by atomic mass is 9.96. The maximum atomic E-state index is 11.9. The highest BCUT2D eigenvalue weighted by Crippen LogP contribution is 2.31. The average Bonchev–Trinajstić information content (AvgIpc) is 2.76. The molecule has 0 heterocycles. The molecule has 2 rings (SSSR count). The summed E-state index contributed by atoms with van der Waals surface area (Å²) in [7, 11) is 0. The molecule has 1 amide bonds. The van der Waals surface area contributed by atoms with Gasteiger partial charge in [0, 0.05) is 6.04 Å². The summed E-state index contributed by atoms with van der Waals surface area (Å²) in [5.74, 6) is -0.704. The molecule has 0 saturated heterocycles. The van der Waals surface area contributed by atoms with Gasteiger partial charge in [-0.05, 0) is 38.1 Å². The second-order valence-electron chi connectivity index (χ2n) is 6.52. The molecule has 2 fully saturated rings. The number of carboxylic acids is 1. The molecule has 2 atom stereocenters. The number of hydrogen-bond donors (Lipinski definition) is 3. The normalized spacial score (nSPS) is 27.2. The molecule has 0 radical (unpaired) electrons. The zero-order valence-electron chi connectivity index (χ0n) is 12.8. The molecule has 3 N–H and O–H groups in total. The quantitative estimate of drug-likeness (QED) is 0.654. The van der Waals surface area contributed by atoms with Crippen molar-refractivity contribution in [2.75, 3.05) is 13.1 Å². The summed E-state index contributed by atoms with van der Waals surface area (Å²) < 4.78 is 0. The van der Waals surface area contributed by atoms with Crippen LogP contribution in [0.5, 0.6) is 0 Å². The van der Waals surface area contributed by atoms with Gasteiger partial charge in [-0.15, -0.1) is 0 Å². The van der Waals surface area contributed by atoms with E-state index in [1.165, 1.54) is 25.7 Å². The number of rotatable bonds is 6. The van der Waals surface area contributed by atoms with Gasteiger partial charge in [0.2, 0.25) is 5.91 Å². The van der Waals surface area contributed by atoms with E-state index in [0.29, 0.717) is 19.1 Å². The third-order valence-corrected chi connectivity index (χ3v) is 4.89. The molecule has 0 spiro atoms. The number of nitrogens with one attached hydrogen (secondary N) is 2. The molecule has 2 aliphatic carbocycles. The van der Waals surface area contributed by atoms with Crippen molar-refractivity contribution in [1.29, 1.82) is 0 Å². The highest BCUT2D eigenvalue weighted by atomic mass is 16.4. The highest BCUT2D eigenvalue weighted by Gasteiger charge is 2.32. The van der Waals surface area contributed by atoms with Crippen LogP contribution in [-0.4, -0.2) is 36.1 Å². The van der Waals surface area contributed by atoms with Gasteiger partial charge in [-0.25, -0.2) is 0 Å². The molecule has 0 aromatic carbocycles. The molecule has 5 heteroatoms. The van der Waals surface area contributed by atoms with E-state index in [1.54, 1.807) is 0 Å². The first kappa shape index (κ1) is 16.3. The smallest absolute Gasteiger partial charge is 0.306 e. The SMILES string of the molecule is O=C(CNCC1CCCC1C(=O)O)NC1CCCCCC1. The standard InChI is InChI=1S/C16H28N2O3/c19-15(18-13-7-3-1-2-4-8-13)11-17-10-12-6-5-9-14(12)16(20)21/h12-14,17H,1-11H2,(H,18,19)(H,20,21). The van der Waals surface area contributed by atoms with Crippen molar-refractivity contribution in [1.82, 2.24) is 10.6 Å². The Bertz CT molecular complexity index is 351. The second-order valence-corrected chi connectivity index (χ2v) is 6.52. The van der Waals surface area contributed by atoms with Crippen LogP contribution in [0.3, 0.4) is 0 Å². The van der Waals surface area contributed by atoms with E-state index in [1.807, 2.05) is 0 Å².